The molecule has 4 heteroatoms. The van der Waals surface area contributed by atoms with Crippen molar-refractivity contribution in [1.29, 1.82) is 5.26 Å². The summed E-state index contributed by atoms with van der Waals surface area (Å²) in [6.45, 7) is 3.61. The topological polar surface area (TPSA) is 57.9 Å². The van der Waals surface area contributed by atoms with Crippen molar-refractivity contribution >= 4 is 0 Å². The Hall–Kier alpha value is -1.44. The molecule has 1 aromatic heterocycles. The molecule has 0 saturated carbocycles. The van der Waals surface area contributed by atoms with Crippen molar-refractivity contribution in [2.45, 2.75) is 38.5 Å². The first-order chi connectivity index (χ1) is 8.29. The van der Waals surface area contributed by atoms with E-state index in [1.54, 1.807) is 6.20 Å². The average molecular weight is 231 g/mol. The van der Waals surface area contributed by atoms with Crippen LogP contribution in [0.3, 0.4) is 0 Å². The van der Waals surface area contributed by atoms with Gasteiger partial charge in [-0.2, -0.15) is 5.26 Å². The van der Waals surface area contributed by atoms with E-state index < -0.39 is 0 Å². The summed E-state index contributed by atoms with van der Waals surface area (Å²) in [6.07, 6.45) is 4.04. The molecule has 17 heavy (non-hydrogen) atoms. The maximum absolute atomic E-state index is 8.94. The molecule has 1 N–H and O–H groups in total. The fourth-order valence-corrected chi connectivity index (χ4v) is 2.12. The quantitative estimate of drug-likeness (QED) is 0.858. The molecule has 2 unspecified atom stereocenters. The van der Waals surface area contributed by atoms with Crippen LogP contribution in [0.5, 0.6) is 0 Å². The lowest BCUT2D eigenvalue weighted by Crippen LogP contribution is -2.37. The first-order valence-corrected chi connectivity index (χ1v) is 5.98. The van der Waals surface area contributed by atoms with Gasteiger partial charge in [-0.05, 0) is 25.8 Å². The summed E-state index contributed by atoms with van der Waals surface area (Å²) >= 11 is 0. The van der Waals surface area contributed by atoms with E-state index in [0.29, 0.717) is 24.4 Å². The summed E-state index contributed by atoms with van der Waals surface area (Å²) in [5, 5.41) is 12.4. The monoisotopic (exact) mass is 231 g/mol. The number of pyridine rings is 1. The van der Waals surface area contributed by atoms with Crippen molar-refractivity contribution in [1.82, 2.24) is 10.3 Å². The molecular formula is C13H17N3O. The van der Waals surface area contributed by atoms with Crippen LogP contribution in [-0.4, -0.2) is 23.7 Å². The first kappa shape index (κ1) is 12.0. The highest BCUT2D eigenvalue weighted by Gasteiger charge is 2.18. The highest BCUT2D eigenvalue weighted by molar-refractivity contribution is 5.30. The molecule has 2 atom stereocenters. The minimum absolute atomic E-state index is 0.325. The third kappa shape index (κ3) is 3.26. The molecule has 0 aromatic carbocycles. The highest BCUT2D eigenvalue weighted by atomic mass is 16.5. The molecule has 1 fully saturated rings. The summed E-state index contributed by atoms with van der Waals surface area (Å²) < 4.78 is 5.50. The summed E-state index contributed by atoms with van der Waals surface area (Å²) in [5.74, 6) is 0. The van der Waals surface area contributed by atoms with Crippen molar-refractivity contribution < 1.29 is 4.74 Å². The molecule has 4 nitrogen and oxygen atoms in total. The van der Waals surface area contributed by atoms with Crippen LogP contribution in [0.1, 0.15) is 31.0 Å². The molecule has 0 bridgehead atoms. The van der Waals surface area contributed by atoms with Gasteiger partial charge in [-0.3, -0.25) is 0 Å². The molecule has 2 heterocycles. The van der Waals surface area contributed by atoms with E-state index >= 15 is 0 Å². The predicted molar refractivity (Wildman–Crippen MR) is 64.2 cm³/mol. The molecule has 0 radical (unpaired) electrons. The van der Waals surface area contributed by atoms with Gasteiger partial charge >= 0.3 is 0 Å². The van der Waals surface area contributed by atoms with Crippen LogP contribution < -0.4 is 5.32 Å². The lowest BCUT2D eigenvalue weighted by atomic mass is 10.0. The van der Waals surface area contributed by atoms with Crippen molar-refractivity contribution in [3.8, 4) is 6.07 Å². The van der Waals surface area contributed by atoms with Crippen molar-refractivity contribution in [2.24, 2.45) is 0 Å². The number of hydrogen-bond donors (Lipinski definition) is 1. The Morgan fingerprint density at radius 1 is 1.65 bits per heavy atom. The number of ether oxygens (including phenoxy) is 1. The Morgan fingerprint density at radius 3 is 3.29 bits per heavy atom. The third-order valence-corrected chi connectivity index (χ3v) is 3.06. The number of aromatic nitrogens is 1. The number of nitrogens with one attached hydrogen (secondary N) is 1. The lowest BCUT2D eigenvalue weighted by molar-refractivity contribution is 0.0130. The lowest BCUT2D eigenvalue weighted by Gasteiger charge is -2.28. The molecule has 0 amide bonds. The Balaban J connectivity index is 1.91. The average Bonchev–Trinajstić information content (AvgIpc) is 2.37. The second-order valence-electron chi connectivity index (χ2n) is 4.41. The van der Waals surface area contributed by atoms with Gasteiger partial charge < -0.3 is 10.1 Å². The molecule has 0 spiro atoms. The van der Waals surface area contributed by atoms with Gasteiger partial charge in [-0.25, -0.2) is 4.98 Å². The van der Waals surface area contributed by atoms with Crippen LogP contribution >= 0.6 is 0 Å². The molecule has 1 aromatic rings. The standard InChI is InChI=1S/C13H17N3O/c1-10-7-12(4-6-17-10)16-9-11-3-2-5-15-13(11)8-14/h2-3,5,10,12,16H,4,6-7,9H2,1H3. The van der Waals surface area contributed by atoms with Gasteiger partial charge in [0.1, 0.15) is 11.8 Å². The number of hydrogen-bond acceptors (Lipinski definition) is 4. The maximum atomic E-state index is 8.94. The number of nitrogens with zero attached hydrogens (tertiary/aromatic N) is 2. The Kier molecular flexibility index (Phi) is 4.08. The van der Waals surface area contributed by atoms with E-state index in [2.05, 4.69) is 23.3 Å². The summed E-state index contributed by atoms with van der Waals surface area (Å²) in [6, 6.07) is 6.40. The predicted octanol–water partition coefficient (Wildman–Crippen LogP) is 1.61. The van der Waals surface area contributed by atoms with E-state index in [-0.39, 0.29) is 0 Å². The van der Waals surface area contributed by atoms with E-state index in [1.165, 1.54) is 0 Å². The van der Waals surface area contributed by atoms with Crippen LogP contribution in [0.2, 0.25) is 0 Å². The molecule has 2 rings (SSSR count). The van der Waals surface area contributed by atoms with Gasteiger partial charge in [0, 0.05) is 31.0 Å². The van der Waals surface area contributed by atoms with Crippen molar-refractivity contribution in [3.05, 3.63) is 29.6 Å². The SMILES string of the molecule is CC1CC(NCc2cccnc2C#N)CCO1. The van der Waals surface area contributed by atoms with E-state index in [9.17, 15) is 0 Å². The molecule has 0 aliphatic carbocycles. The smallest absolute Gasteiger partial charge is 0.144 e. The molecular weight excluding hydrogens is 214 g/mol. The Bertz CT molecular complexity index is 413. The fraction of sp³-hybridized carbons (Fsp3) is 0.538. The van der Waals surface area contributed by atoms with Crippen LogP contribution in [0.4, 0.5) is 0 Å². The summed E-state index contributed by atoms with van der Waals surface area (Å²) in [4.78, 5) is 4.05. The second-order valence-corrected chi connectivity index (χ2v) is 4.41. The highest BCUT2D eigenvalue weighted by Crippen LogP contribution is 2.14. The number of rotatable bonds is 3. The maximum Gasteiger partial charge on any atom is 0.144 e. The normalized spacial score (nSPS) is 24.2. The minimum Gasteiger partial charge on any atom is -0.378 e. The van der Waals surface area contributed by atoms with Gasteiger partial charge in [0.25, 0.3) is 0 Å². The van der Waals surface area contributed by atoms with Gasteiger partial charge in [0.2, 0.25) is 0 Å². The van der Waals surface area contributed by atoms with Crippen molar-refractivity contribution in [2.75, 3.05) is 6.61 Å². The zero-order valence-electron chi connectivity index (χ0n) is 10.0. The largest absolute Gasteiger partial charge is 0.378 e. The van der Waals surface area contributed by atoms with Crippen LogP contribution in [0, 0.1) is 11.3 Å². The van der Waals surface area contributed by atoms with Crippen LogP contribution in [-0.2, 0) is 11.3 Å². The first-order valence-electron chi connectivity index (χ1n) is 5.98. The molecule has 1 aliphatic heterocycles. The summed E-state index contributed by atoms with van der Waals surface area (Å²) in [7, 11) is 0. The van der Waals surface area contributed by atoms with Gasteiger partial charge in [0.15, 0.2) is 0 Å². The van der Waals surface area contributed by atoms with Crippen LogP contribution in [0.25, 0.3) is 0 Å². The van der Waals surface area contributed by atoms with E-state index in [0.717, 1.165) is 25.0 Å². The van der Waals surface area contributed by atoms with Crippen LogP contribution in [0.15, 0.2) is 18.3 Å². The van der Waals surface area contributed by atoms with E-state index in [4.69, 9.17) is 10.00 Å². The molecule has 1 aliphatic rings. The second kappa shape index (κ2) is 5.76. The Labute approximate surface area is 102 Å². The van der Waals surface area contributed by atoms with Crippen molar-refractivity contribution in [3.63, 3.8) is 0 Å². The number of nitriles is 1. The zero-order valence-corrected chi connectivity index (χ0v) is 10.0. The van der Waals surface area contributed by atoms with Gasteiger partial charge in [-0.1, -0.05) is 6.07 Å². The molecule has 90 valence electrons. The fourth-order valence-electron chi connectivity index (χ4n) is 2.12. The Morgan fingerprint density at radius 2 is 2.53 bits per heavy atom. The minimum atomic E-state index is 0.325. The third-order valence-electron chi connectivity index (χ3n) is 3.06. The van der Waals surface area contributed by atoms with E-state index in [1.807, 2.05) is 12.1 Å². The summed E-state index contributed by atoms with van der Waals surface area (Å²) in [5.41, 5.74) is 1.48. The van der Waals surface area contributed by atoms with Gasteiger partial charge in [0.05, 0.1) is 6.10 Å². The molecule has 1 saturated heterocycles. The zero-order chi connectivity index (χ0) is 12.1. The van der Waals surface area contributed by atoms with Gasteiger partial charge in [-0.15, -0.1) is 0 Å².